The normalized spacial score (nSPS) is 12.2. The van der Waals surface area contributed by atoms with Crippen molar-refractivity contribution >= 4 is 10.0 Å². The fourth-order valence-electron chi connectivity index (χ4n) is 1.64. The van der Waals surface area contributed by atoms with E-state index in [1.165, 1.54) is 18.5 Å². The van der Waals surface area contributed by atoms with Crippen molar-refractivity contribution in [3.05, 3.63) is 28.7 Å². The molecule has 2 N–H and O–H groups in total. The number of pyridine rings is 1. The predicted molar refractivity (Wildman–Crippen MR) is 79.3 cm³/mol. The molecule has 0 unspecified atom stereocenters. The third-order valence-electron chi connectivity index (χ3n) is 3.19. The minimum atomic E-state index is -3.72. The van der Waals surface area contributed by atoms with Gasteiger partial charge in [0.25, 0.3) is 0 Å². The third kappa shape index (κ3) is 5.07. The third-order valence-corrected chi connectivity index (χ3v) is 4.67. The van der Waals surface area contributed by atoms with Gasteiger partial charge in [-0.05, 0) is 40.3 Å². The number of aromatic nitrogens is 1. The lowest BCUT2D eigenvalue weighted by Gasteiger charge is -2.20. The van der Waals surface area contributed by atoms with Gasteiger partial charge in [-0.15, -0.1) is 0 Å². The van der Waals surface area contributed by atoms with Crippen LogP contribution in [-0.2, 0) is 10.0 Å². The van der Waals surface area contributed by atoms with Crippen LogP contribution in [0.3, 0.4) is 0 Å². The Morgan fingerprint density at radius 2 is 2.05 bits per heavy atom. The van der Waals surface area contributed by atoms with E-state index in [4.69, 9.17) is 0 Å². The molecule has 0 aliphatic heterocycles. The molecular formula is C13H23N3O3S. The van der Waals surface area contributed by atoms with Crippen LogP contribution in [0.5, 0.6) is 0 Å². The van der Waals surface area contributed by atoms with Crippen LogP contribution in [0.1, 0.15) is 26.7 Å². The fraction of sp³-hybridized carbons (Fsp3) is 0.615. The summed E-state index contributed by atoms with van der Waals surface area (Å²) in [6.45, 7) is 5.49. The molecular weight excluding hydrogens is 278 g/mol. The molecule has 1 heterocycles. The summed E-state index contributed by atoms with van der Waals surface area (Å²) in [5.74, 6) is 0. The highest BCUT2D eigenvalue weighted by atomic mass is 32.2. The highest BCUT2D eigenvalue weighted by Gasteiger charge is 2.16. The van der Waals surface area contributed by atoms with Gasteiger partial charge in [-0.1, -0.05) is 0 Å². The zero-order chi connectivity index (χ0) is 15.2. The van der Waals surface area contributed by atoms with Gasteiger partial charge in [-0.2, -0.15) is 0 Å². The molecule has 1 aromatic heterocycles. The van der Waals surface area contributed by atoms with Crippen molar-refractivity contribution in [3.63, 3.8) is 0 Å². The number of unbranched alkanes of at least 4 members (excludes halogenated alkanes) is 1. The molecule has 0 atom stereocenters. The molecule has 7 heteroatoms. The van der Waals surface area contributed by atoms with E-state index in [0.717, 1.165) is 19.4 Å². The largest absolute Gasteiger partial charge is 0.366 e. The van der Waals surface area contributed by atoms with Crippen LogP contribution in [0.15, 0.2) is 28.2 Å². The molecule has 6 nitrogen and oxygen atoms in total. The Morgan fingerprint density at radius 1 is 1.35 bits per heavy atom. The van der Waals surface area contributed by atoms with Crippen molar-refractivity contribution in [3.8, 4) is 0 Å². The SMILES string of the molecule is CC(C)N(C)CCCCNS(=O)(=O)c1c[nH]ccc1=O. The second-order valence-corrected chi connectivity index (χ2v) is 6.79. The minimum Gasteiger partial charge on any atom is -0.366 e. The Kier molecular flexibility index (Phi) is 6.38. The van der Waals surface area contributed by atoms with E-state index >= 15 is 0 Å². The molecule has 0 bridgehead atoms. The fourth-order valence-corrected chi connectivity index (χ4v) is 2.76. The lowest BCUT2D eigenvalue weighted by Crippen LogP contribution is -2.30. The number of nitrogens with one attached hydrogen (secondary N) is 2. The van der Waals surface area contributed by atoms with E-state index in [1.807, 2.05) is 7.05 Å². The van der Waals surface area contributed by atoms with Crippen molar-refractivity contribution in [2.45, 2.75) is 37.6 Å². The molecule has 0 aliphatic carbocycles. The Labute approximate surface area is 120 Å². The average Bonchev–Trinajstić information content (AvgIpc) is 2.38. The Morgan fingerprint density at radius 3 is 2.65 bits per heavy atom. The second kappa shape index (κ2) is 7.56. The lowest BCUT2D eigenvalue weighted by atomic mass is 10.2. The van der Waals surface area contributed by atoms with Crippen LogP contribution in [0.4, 0.5) is 0 Å². The van der Waals surface area contributed by atoms with Gasteiger partial charge < -0.3 is 9.88 Å². The van der Waals surface area contributed by atoms with Gasteiger partial charge in [0.05, 0.1) is 0 Å². The number of hydrogen-bond donors (Lipinski definition) is 2. The van der Waals surface area contributed by atoms with Gasteiger partial charge >= 0.3 is 0 Å². The molecule has 0 spiro atoms. The molecule has 0 aliphatic rings. The molecule has 20 heavy (non-hydrogen) atoms. The van der Waals surface area contributed by atoms with Crippen LogP contribution in [-0.4, -0.2) is 44.5 Å². The summed E-state index contributed by atoms with van der Waals surface area (Å²) in [5.41, 5.74) is -0.504. The molecule has 0 amide bonds. The quantitative estimate of drug-likeness (QED) is 0.695. The number of H-pyrrole nitrogens is 1. The van der Waals surface area contributed by atoms with Crippen LogP contribution >= 0.6 is 0 Å². The first kappa shape index (κ1) is 16.9. The highest BCUT2D eigenvalue weighted by Crippen LogP contribution is 2.01. The van der Waals surface area contributed by atoms with Gasteiger partial charge in [0, 0.05) is 31.0 Å². The Bertz CT molecular complexity index is 566. The maximum atomic E-state index is 11.9. The lowest BCUT2D eigenvalue weighted by molar-refractivity contribution is 0.268. The van der Waals surface area contributed by atoms with E-state index in [2.05, 4.69) is 28.5 Å². The topological polar surface area (TPSA) is 82.3 Å². The predicted octanol–water partition coefficient (Wildman–Crippen LogP) is 0.774. The molecule has 1 aromatic rings. The molecule has 1 rings (SSSR count). The van der Waals surface area contributed by atoms with E-state index < -0.39 is 15.5 Å². The van der Waals surface area contributed by atoms with Crippen LogP contribution in [0.2, 0.25) is 0 Å². The summed E-state index contributed by atoms with van der Waals surface area (Å²) in [6, 6.07) is 1.68. The van der Waals surface area contributed by atoms with Crippen LogP contribution in [0.25, 0.3) is 0 Å². The number of rotatable bonds is 8. The maximum Gasteiger partial charge on any atom is 0.245 e. The maximum absolute atomic E-state index is 11.9. The van der Waals surface area contributed by atoms with Gasteiger partial charge in [-0.3, -0.25) is 4.79 Å². The Balaban J connectivity index is 2.42. The van der Waals surface area contributed by atoms with Gasteiger partial charge in [0.1, 0.15) is 4.90 Å². The van der Waals surface area contributed by atoms with Crippen molar-refractivity contribution < 1.29 is 8.42 Å². The summed E-state index contributed by atoms with van der Waals surface area (Å²) < 4.78 is 26.3. The standard InChI is InChI=1S/C13H23N3O3S/c1-11(2)16(3)9-5-4-7-15-20(18,19)13-10-14-8-6-12(13)17/h6,8,10-11,15H,4-5,7,9H2,1-3H3,(H,14,17). The zero-order valence-corrected chi connectivity index (χ0v) is 13.0. The van der Waals surface area contributed by atoms with E-state index in [9.17, 15) is 13.2 Å². The summed E-state index contributed by atoms with van der Waals surface area (Å²) in [4.78, 5) is 16.1. The number of aromatic amines is 1. The van der Waals surface area contributed by atoms with E-state index in [0.29, 0.717) is 12.6 Å². The van der Waals surface area contributed by atoms with Crippen molar-refractivity contribution in [1.29, 1.82) is 0 Å². The van der Waals surface area contributed by atoms with Gasteiger partial charge in [-0.25, -0.2) is 13.1 Å². The summed E-state index contributed by atoms with van der Waals surface area (Å²) in [5, 5.41) is 0. The van der Waals surface area contributed by atoms with Gasteiger partial charge in [0.15, 0.2) is 0 Å². The van der Waals surface area contributed by atoms with Gasteiger partial charge in [0.2, 0.25) is 15.5 Å². The summed E-state index contributed by atoms with van der Waals surface area (Å²) in [6.07, 6.45) is 4.25. The van der Waals surface area contributed by atoms with Crippen LogP contribution < -0.4 is 10.2 Å². The molecule has 0 fully saturated rings. The monoisotopic (exact) mass is 301 g/mol. The van der Waals surface area contributed by atoms with E-state index in [1.54, 1.807) is 0 Å². The number of sulfonamides is 1. The molecule has 0 saturated heterocycles. The summed E-state index contributed by atoms with van der Waals surface area (Å²) >= 11 is 0. The summed E-state index contributed by atoms with van der Waals surface area (Å²) in [7, 11) is -1.68. The van der Waals surface area contributed by atoms with Crippen molar-refractivity contribution in [2.24, 2.45) is 0 Å². The number of nitrogens with zero attached hydrogens (tertiary/aromatic N) is 1. The molecule has 0 aromatic carbocycles. The highest BCUT2D eigenvalue weighted by molar-refractivity contribution is 7.89. The average molecular weight is 301 g/mol. The zero-order valence-electron chi connectivity index (χ0n) is 12.2. The van der Waals surface area contributed by atoms with Crippen molar-refractivity contribution in [2.75, 3.05) is 20.1 Å². The first-order valence-electron chi connectivity index (χ1n) is 6.71. The van der Waals surface area contributed by atoms with Crippen molar-refractivity contribution in [1.82, 2.24) is 14.6 Å². The first-order valence-corrected chi connectivity index (χ1v) is 8.20. The number of hydrogen-bond acceptors (Lipinski definition) is 4. The Hall–Kier alpha value is -1.18. The van der Waals surface area contributed by atoms with Crippen LogP contribution in [0, 0.1) is 0 Å². The smallest absolute Gasteiger partial charge is 0.245 e. The molecule has 0 saturated carbocycles. The molecule has 0 radical (unpaired) electrons. The minimum absolute atomic E-state index is 0.237. The second-order valence-electron chi connectivity index (χ2n) is 5.05. The first-order chi connectivity index (χ1) is 9.34. The van der Waals surface area contributed by atoms with E-state index in [-0.39, 0.29) is 4.90 Å². The molecule has 114 valence electrons.